The van der Waals surface area contributed by atoms with Gasteiger partial charge in [0.1, 0.15) is 23.1 Å². The van der Waals surface area contributed by atoms with Crippen LogP contribution in [-0.4, -0.2) is 30.1 Å². The second-order valence-electron chi connectivity index (χ2n) is 7.14. The summed E-state index contributed by atoms with van der Waals surface area (Å²) in [6.45, 7) is 0.345. The molecular formula is C25H22FN3O3. The molecule has 1 aromatic heterocycles. The van der Waals surface area contributed by atoms with Gasteiger partial charge in [-0.1, -0.05) is 18.2 Å². The maximum absolute atomic E-state index is 13.2. The van der Waals surface area contributed by atoms with Gasteiger partial charge in [0.2, 0.25) is 0 Å². The van der Waals surface area contributed by atoms with E-state index >= 15 is 0 Å². The lowest BCUT2D eigenvalue weighted by Gasteiger charge is -2.10. The third kappa shape index (κ3) is 4.78. The third-order valence-corrected chi connectivity index (χ3v) is 5.00. The Morgan fingerprint density at radius 3 is 2.38 bits per heavy atom. The Hall–Kier alpha value is -4.13. The van der Waals surface area contributed by atoms with Crippen molar-refractivity contribution >= 4 is 5.91 Å². The molecule has 32 heavy (non-hydrogen) atoms. The van der Waals surface area contributed by atoms with Crippen molar-refractivity contribution in [3.63, 3.8) is 0 Å². The molecule has 0 saturated heterocycles. The molecule has 0 unspecified atom stereocenters. The first-order valence-corrected chi connectivity index (χ1v) is 9.97. The van der Waals surface area contributed by atoms with Crippen molar-refractivity contribution in [2.45, 2.75) is 6.54 Å². The number of aromatic nitrogens is 2. The highest BCUT2D eigenvalue weighted by Crippen LogP contribution is 2.24. The molecule has 0 bridgehead atoms. The minimum absolute atomic E-state index is 0.232. The van der Waals surface area contributed by atoms with Crippen LogP contribution in [0.4, 0.5) is 4.39 Å². The van der Waals surface area contributed by atoms with Gasteiger partial charge in [0.25, 0.3) is 5.91 Å². The zero-order valence-corrected chi connectivity index (χ0v) is 17.7. The van der Waals surface area contributed by atoms with Crippen LogP contribution >= 0.6 is 0 Å². The molecule has 0 aliphatic carbocycles. The number of hydrogen-bond acceptors (Lipinski definition) is 4. The molecule has 3 aromatic carbocycles. The number of amides is 1. The standard InChI is InChI=1S/C25H22FN3O3/c1-31-21-11-19(12-22(13-21)32-2)25(30)28-14-16-4-3-5-18(10-16)24-27-15-23(29-24)17-6-8-20(26)9-7-17/h3-13,15H,14H2,1-2H3,(H,27,29)(H,28,30). The number of halogens is 1. The highest BCUT2D eigenvalue weighted by atomic mass is 19.1. The Morgan fingerprint density at radius 2 is 1.69 bits per heavy atom. The van der Waals surface area contributed by atoms with E-state index in [9.17, 15) is 9.18 Å². The summed E-state index contributed by atoms with van der Waals surface area (Å²) in [6, 6.07) is 19.0. The maximum Gasteiger partial charge on any atom is 0.251 e. The molecular weight excluding hydrogens is 409 g/mol. The summed E-state index contributed by atoms with van der Waals surface area (Å²) >= 11 is 0. The Kier molecular flexibility index (Phi) is 6.17. The van der Waals surface area contributed by atoms with E-state index in [1.165, 1.54) is 26.4 Å². The number of nitrogens with zero attached hydrogens (tertiary/aromatic N) is 1. The molecule has 4 aromatic rings. The highest BCUT2D eigenvalue weighted by Gasteiger charge is 2.11. The summed E-state index contributed by atoms with van der Waals surface area (Å²) in [4.78, 5) is 20.3. The van der Waals surface area contributed by atoms with Crippen molar-refractivity contribution in [1.29, 1.82) is 0 Å². The fourth-order valence-electron chi connectivity index (χ4n) is 3.30. The molecule has 4 rings (SSSR count). The van der Waals surface area contributed by atoms with Crippen molar-refractivity contribution in [3.8, 4) is 34.1 Å². The van der Waals surface area contributed by atoms with Crippen LogP contribution in [0.2, 0.25) is 0 Å². The third-order valence-electron chi connectivity index (χ3n) is 5.00. The molecule has 2 N–H and O–H groups in total. The lowest BCUT2D eigenvalue weighted by Crippen LogP contribution is -2.22. The number of hydrogen-bond donors (Lipinski definition) is 2. The molecule has 1 amide bonds. The summed E-state index contributed by atoms with van der Waals surface area (Å²) in [5.41, 5.74) is 3.90. The zero-order valence-electron chi connectivity index (χ0n) is 17.7. The minimum atomic E-state index is -0.282. The monoisotopic (exact) mass is 431 g/mol. The summed E-state index contributed by atoms with van der Waals surface area (Å²) in [5, 5.41) is 2.92. The predicted octanol–water partition coefficient (Wildman–Crippen LogP) is 4.83. The Morgan fingerprint density at radius 1 is 0.969 bits per heavy atom. The smallest absolute Gasteiger partial charge is 0.251 e. The van der Waals surface area contributed by atoms with Crippen molar-refractivity contribution in [3.05, 3.63) is 89.9 Å². The molecule has 6 nitrogen and oxygen atoms in total. The van der Waals surface area contributed by atoms with Gasteiger partial charge in [-0.25, -0.2) is 9.37 Å². The molecule has 7 heteroatoms. The van der Waals surface area contributed by atoms with Gasteiger partial charge in [-0.05, 0) is 53.6 Å². The van der Waals surface area contributed by atoms with E-state index in [2.05, 4.69) is 15.3 Å². The first-order chi connectivity index (χ1) is 15.6. The number of carbonyl (C=O) groups is 1. The van der Waals surface area contributed by atoms with E-state index < -0.39 is 0 Å². The lowest BCUT2D eigenvalue weighted by atomic mass is 10.1. The van der Waals surface area contributed by atoms with Crippen LogP contribution in [0.25, 0.3) is 22.6 Å². The number of aromatic amines is 1. The molecule has 0 radical (unpaired) electrons. The maximum atomic E-state index is 13.2. The number of H-pyrrole nitrogens is 1. The fourth-order valence-corrected chi connectivity index (χ4v) is 3.30. The average Bonchev–Trinajstić information content (AvgIpc) is 3.33. The normalized spacial score (nSPS) is 10.6. The van der Waals surface area contributed by atoms with Gasteiger partial charge in [-0.3, -0.25) is 4.79 Å². The second-order valence-corrected chi connectivity index (χ2v) is 7.14. The lowest BCUT2D eigenvalue weighted by molar-refractivity contribution is 0.0950. The summed E-state index contributed by atoms with van der Waals surface area (Å²) in [7, 11) is 3.08. The van der Waals surface area contributed by atoms with E-state index in [1.807, 2.05) is 24.3 Å². The largest absolute Gasteiger partial charge is 0.497 e. The number of nitrogens with one attached hydrogen (secondary N) is 2. The number of rotatable bonds is 7. The second kappa shape index (κ2) is 9.34. The minimum Gasteiger partial charge on any atom is -0.497 e. The molecule has 0 saturated carbocycles. The highest BCUT2D eigenvalue weighted by molar-refractivity contribution is 5.95. The van der Waals surface area contributed by atoms with Crippen LogP contribution < -0.4 is 14.8 Å². The Bertz CT molecular complexity index is 1210. The molecule has 0 atom stereocenters. The van der Waals surface area contributed by atoms with Crippen molar-refractivity contribution < 1.29 is 18.7 Å². The van der Waals surface area contributed by atoms with Crippen molar-refractivity contribution in [2.24, 2.45) is 0 Å². The van der Waals surface area contributed by atoms with E-state index in [0.717, 1.165) is 22.4 Å². The fraction of sp³-hybridized carbons (Fsp3) is 0.120. The van der Waals surface area contributed by atoms with Crippen LogP contribution in [0.3, 0.4) is 0 Å². The number of imidazole rings is 1. The number of carbonyl (C=O) groups excluding carboxylic acids is 1. The van der Waals surface area contributed by atoms with Gasteiger partial charge in [0.05, 0.1) is 26.1 Å². The van der Waals surface area contributed by atoms with E-state index in [0.29, 0.717) is 29.4 Å². The quantitative estimate of drug-likeness (QED) is 0.439. The van der Waals surface area contributed by atoms with Crippen LogP contribution in [0, 0.1) is 5.82 Å². The number of ether oxygens (including phenoxy) is 2. The van der Waals surface area contributed by atoms with Gasteiger partial charge >= 0.3 is 0 Å². The molecule has 0 spiro atoms. The number of methoxy groups -OCH3 is 2. The summed E-state index contributed by atoms with van der Waals surface area (Å²) in [6.07, 6.45) is 1.72. The Balaban J connectivity index is 1.47. The van der Waals surface area contributed by atoms with Gasteiger partial charge in [-0.15, -0.1) is 0 Å². The molecule has 0 aliphatic heterocycles. The SMILES string of the molecule is COc1cc(OC)cc(C(=O)NCc2cccc(-c3ncc(-c4ccc(F)cc4)[nH]3)c2)c1. The van der Waals surface area contributed by atoms with Crippen LogP contribution in [0.1, 0.15) is 15.9 Å². The predicted molar refractivity (Wildman–Crippen MR) is 120 cm³/mol. The van der Waals surface area contributed by atoms with Gasteiger partial charge in [0.15, 0.2) is 0 Å². The van der Waals surface area contributed by atoms with Crippen LogP contribution in [-0.2, 0) is 6.54 Å². The van der Waals surface area contributed by atoms with Crippen molar-refractivity contribution in [1.82, 2.24) is 15.3 Å². The number of benzene rings is 3. The van der Waals surface area contributed by atoms with E-state index in [-0.39, 0.29) is 11.7 Å². The van der Waals surface area contributed by atoms with Gasteiger partial charge < -0.3 is 19.8 Å². The topological polar surface area (TPSA) is 76.2 Å². The van der Waals surface area contributed by atoms with E-state index in [4.69, 9.17) is 9.47 Å². The van der Waals surface area contributed by atoms with Gasteiger partial charge in [-0.2, -0.15) is 0 Å². The molecule has 0 aliphatic rings. The Labute approximate surface area is 185 Å². The zero-order chi connectivity index (χ0) is 22.5. The molecule has 162 valence electrons. The van der Waals surface area contributed by atoms with Crippen LogP contribution in [0.15, 0.2) is 72.9 Å². The summed E-state index contributed by atoms with van der Waals surface area (Å²) < 4.78 is 23.6. The van der Waals surface area contributed by atoms with Gasteiger partial charge in [0, 0.05) is 23.7 Å². The van der Waals surface area contributed by atoms with Crippen LogP contribution in [0.5, 0.6) is 11.5 Å². The van der Waals surface area contributed by atoms with E-state index in [1.54, 1.807) is 36.5 Å². The molecule has 0 fully saturated rings. The average molecular weight is 431 g/mol. The molecule has 1 heterocycles. The first kappa shape index (κ1) is 21.1. The van der Waals surface area contributed by atoms with Crippen molar-refractivity contribution in [2.75, 3.05) is 14.2 Å². The summed E-state index contributed by atoms with van der Waals surface area (Å²) in [5.74, 6) is 1.27. The first-order valence-electron chi connectivity index (χ1n) is 9.97.